The molecule has 0 aliphatic rings. The van der Waals surface area contributed by atoms with Crippen LogP contribution in [-0.4, -0.2) is 15.6 Å². The lowest BCUT2D eigenvalue weighted by atomic mass is 10.3. The molecule has 0 amide bonds. The van der Waals surface area contributed by atoms with Crippen LogP contribution >= 0.6 is 8.73 Å². The molecule has 6 heteroatoms. The van der Waals surface area contributed by atoms with Crippen molar-refractivity contribution >= 4 is 14.5 Å². The molecule has 0 saturated heterocycles. The zero-order valence-corrected chi connectivity index (χ0v) is 9.50. The summed E-state index contributed by atoms with van der Waals surface area (Å²) < 4.78 is 2.63. The summed E-state index contributed by atoms with van der Waals surface area (Å²) in [6.07, 6.45) is 0. The molecule has 1 rings (SSSR count). The quantitative estimate of drug-likeness (QED) is 0.705. The van der Waals surface area contributed by atoms with Gasteiger partial charge in [-0.2, -0.15) is 0 Å². The summed E-state index contributed by atoms with van der Waals surface area (Å²) in [7, 11) is 0.239. The highest BCUT2D eigenvalue weighted by Crippen LogP contribution is 2.12. The van der Waals surface area contributed by atoms with Crippen LogP contribution in [0.4, 0.5) is 5.82 Å². The minimum Gasteiger partial charge on any atom is -0.384 e. The molecule has 5 nitrogen and oxygen atoms in total. The molecule has 0 fully saturated rings. The van der Waals surface area contributed by atoms with Crippen molar-refractivity contribution in [3.63, 3.8) is 0 Å². The maximum atomic E-state index is 11.7. The van der Waals surface area contributed by atoms with Crippen LogP contribution in [0.3, 0.4) is 0 Å². The van der Waals surface area contributed by atoms with Crippen molar-refractivity contribution in [2.75, 3.05) is 12.4 Å². The van der Waals surface area contributed by atoms with Crippen molar-refractivity contribution in [2.45, 2.75) is 20.4 Å². The number of rotatable bonds is 2. The summed E-state index contributed by atoms with van der Waals surface area (Å²) in [4.78, 5) is 23.3. The number of nitrogens with zero attached hydrogens (tertiary/aromatic N) is 2. The fourth-order valence-electron chi connectivity index (χ4n) is 1.29. The second-order valence-electron chi connectivity index (χ2n) is 2.90. The predicted octanol–water partition coefficient (Wildman–Crippen LogP) is -0.00808. The molecule has 1 aromatic heterocycles. The zero-order valence-electron chi connectivity index (χ0n) is 8.50. The van der Waals surface area contributed by atoms with E-state index >= 15 is 0 Å². The number of nitrogens with two attached hydrogens (primary N) is 1. The summed E-state index contributed by atoms with van der Waals surface area (Å²) in [5, 5.41) is 0. The molecule has 78 valence electrons. The molecule has 1 atom stereocenters. The summed E-state index contributed by atoms with van der Waals surface area (Å²) in [6.45, 7) is 5.63. The lowest BCUT2D eigenvalue weighted by Gasteiger charge is -2.11. The second-order valence-corrected chi connectivity index (χ2v) is 3.80. The summed E-state index contributed by atoms with van der Waals surface area (Å²) in [5.41, 5.74) is 5.51. The lowest BCUT2D eigenvalue weighted by Crippen LogP contribution is -2.39. The van der Waals surface area contributed by atoms with E-state index in [1.165, 1.54) is 8.90 Å². The first-order chi connectivity index (χ1) is 6.54. The Morgan fingerprint density at radius 2 is 2.00 bits per heavy atom. The average molecular weight is 215 g/mol. The molecular formula is C8H14N3O2P. The van der Waals surface area contributed by atoms with Gasteiger partial charge in [0, 0.05) is 6.54 Å². The molecule has 14 heavy (non-hydrogen) atoms. The molecular weight excluding hydrogens is 201 g/mol. The molecule has 0 spiro atoms. The maximum absolute atomic E-state index is 11.7. The zero-order chi connectivity index (χ0) is 10.9. The SMILES string of the molecule is CCn1c(=O)c(C)c(N)n(PC)c1=O. The summed E-state index contributed by atoms with van der Waals surface area (Å²) in [6, 6.07) is 0. The van der Waals surface area contributed by atoms with E-state index in [0.29, 0.717) is 12.1 Å². The molecule has 0 bridgehead atoms. The van der Waals surface area contributed by atoms with Gasteiger partial charge in [0.05, 0.1) is 5.56 Å². The topological polar surface area (TPSA) is 70.0 Å². The first-order valence-electron chi connectivity index (χ1n) is 4.34. The van der Waals surface area contributed by atoms with Crippen molar-refractivity contribution in [2.24, 2.45) is 0 Å². The van der Waals surface area contributed by atoms with Crippen molar-refractivity contribution < 1.29 is 0 Å². The predicted molar refractivity (Wildman–Crippen MR) is 59.4 cm³/mol. The molecule has 0 aliphatic heterocycles. The van der Waals surface area contributed by atoms with E-state index in [1.54, 1.807) is 13.8 Å². The van der Waals surface area contributed by atoms with Gasteiger partial charge >= 0.3 is 5.69 Å². The van der Waals surface area contributed by atoms with E-state index in [0.717, 1.165) is 0 Å². The second kappa shape index (κ2) is 3.96. The smallest absolute Gasteiger partial charge is 0.335 e. The molecule has 2 N–H and O–H groups in total. The van der Waals surface area contributed by atoms with Gasteiger partial charge in [0.2, 0.25) is 0 Å². The van der Waals surface area contributed by atoms with Gasteiger partial charge in [-0.3, -0.25) is 13.7 Å². The van der Waals surface area contributed by atoms with Crippen LogP contribution in [0.15, 0.2) is 9.59 Å². The number of hydrogen-bond donors (Lipinski definition) is 1. The first kappa shape index (κ1) is 11.0. The van der Waals surface area contributed by atoms with E-state index in [4.69, 9.17) is 5.73 Å². The first-order valence-corrected chi connectivity index (χ1v) is 5.79. The van der Waals surface area contributed by atoms with Crippen molar-refractivity contribution in [3.05, 3.63) is 26.4 Å². The Kier molecular flexibility index (Phi) is 3.11. The van der Waals surface area contributed by atoms with E-state index in [2.05, 4.69) is 0 Å². The Bertz CT molecular complexity index is 461. The van der Waals surface area contributed by atoms with Gasteiger partial charge in [0.1, 0.15) is 5.82 Å². The highest BCUT2D eigenvalue weighted by molar-refractivity contribution is 7.35. The minimum absolute atomic E-state index is 0.239. The Balaban J connectivity index is 3.74. The molecule has 1 unspecified atom stereocenters. The Labute approximate surface area is 83.4 Å². The molecule has 0 saturated carbocycles. The van der Waals surface area contributed by atoms with Crippen LogP contribution in [0.5, 0.6) is 0 Å². The molecule has 1 heterocycles. The van der Waals surface area contributed by atoms with Crippen LogP contribution in [0.1, 0.15) is 12.5 Å². The number of hydrogen-bond acceptors (Lipinski definition) is 3. The van der Waals surface area contributed by atoms with Gasteiger partial charge in [-0.25, -0.2) is 4.79 Å². The largest absolute Gasteiger partial charge is 0.384 e. The minimum atomic E-state index is -0.318. The Morgan fingerprint density at radius 1 is 1.43 bits per heavy atom. The van der Waals surface area contributed by atoms with Gasteiger partial charge < -0.3 is 5.73 Å². The third kappa shape index (κ3) is 1.48. The van der Waals surface area contributed by atoms with E-state index < -0.39 is 0 Å². The number of aromatic nitrogens is 2. The Morgan fingerprint density at radius 3 is 2.43 bits per heavy atom. The van der Waals surface area contributed by atoms with Gasteiger partial charge in [-0.15, -0.1) is 0 Å². The lowest BCUT2D eigenvalue weighted by molar-refractivity contribution is 0.659. The highest BCUT2D eigenvalue weighted by atomic mass is 31.1. The molecule has 1 aromatic rings. The summed E-state index contributed by atoms with van der Waals surface area (Å²) in [5.74, 6) is 0.283. The van der Waals surface area contributed by atoms with E-state index in [1.807, 2.05) is 6.66 Å². The normalized spacial score (nSPS) is 11.4. The fraction of sp³-hybridized carbons (Fsp3) is 0.500. The van der Waals surface area contributed by atoms with Crippen LogP contribution in [-0.2, 0) is 6.54 Å². The monoisotopic (exact) mass is 215 g/mol. The third-order valence-electron chi connectivity index (χ3n) is 2.15. The van der Waals surface area contributed by atoms with Gasteiger partial charge in [0.25, 0.3) is 5.56 Å². The number of anilines is 1. The van der Waals surface area contributed by atoms with E-state index in [9.17, 15) is 9.59 Å². The van der Waals surface area contributed by atoms with Crippen molar-refractivity contribution in [1.82, 2.24) is 8.90 Å². The standard InChI is InChI=1S/C8H14N3O2P/c1-4-10-7(12)5(2)6(9)11(14-3)8(10)13/h14H,4,9H2,1-3H3. The average Bonchev–Trinajstić information content (AvgIpc) is 2.16. The number of nitrogen functional groups attached to an aromatic ring is 1. The molecule has 0 radical (unpaired) electrons. The van der Waals surface area contributed by atoms with Gasteiger partial charge in [0.15, 0.2) is 0 Å². The van der Waals surface area contributed by atoms with Gasteiger partial charge in [-0.05, 0) is 29.2 Å². The van der Waals surface area contributed by atoms with Crippen molar-refractivity contribution in [3.8, 4) is 0 Å². The van der Waals surface area contributed by atoms with Crippen LogP contribution < -0.4 is 17.0 Å². The fourth-order valence-corrected chi connectivity index (χ4v) is 2.01. The van der Waals surface area contributed by atoms with Gasteiger partial charge in [-0.1, -0.05) is 0 Å². The summed E-state index contributed by atoms with van der Waals surface area (Å²) >= 11 is 0. The van der Waals surface area contributed by atoms with Crippen LogP contribution in [0.25, 0.3) is 0 Å². The van der Waals surface area contributed by atoms with Crippen molar-refractivity contribution in [1.29, 1.82) is 0 Å². The Hall–Kier alpha value is -1.09. The highest BCUT2D eigenvalue weighted by Gasteiger charge is 2.11. The van der Waals surface area contributed by atoms with Crippen LogP contribution in [0, 0.1) is 6.92 Å². The van der Waals surface area contributed by atoms with E-state index in [-0.39, 0.29) is 25.8 Å². The third-order valence-corrected chi connectivity index (χ3v) is 3.03. The molecule has 0 aliphatic carbocycles. The van der Waals surface area contributed by atoms with Crippen LogP contribution in [0.2, 0.25) is 0 Å². The maximum Gasteiger partial charge on any atom is 0.335 e. The molecule has 0 aromatic carbocycles.